The zero-order valence-electron chi connectivity index (χ0n) is 17.1. The number of hydrogen-bond donors (Lipinski definition) is 2. The second-order valence-electron chi connectivity index (χ2n) is 7.75. The average molecular weight is 414 g/mol. The molecule has 4 N–H and O–H groups in total. The third-order valence-electron chi connectivity index (χ3n) is 4.35. The maximum absolute atomic E-state index is 13.4. The molecule has 8 heteroatoms. The number of carbonyl (C=O) groups excluding carboxylic acids is 2. The lowest BCUT2D eigenvalue weighted by Gasteiger charge is -2.24. The lowest BCUT2D eigenvalue weighted by Crippen LogP contribution is -2.29. The van der Waals surface area contributed by atoms with Crippen LogP contribution in [0, 0.1) is 5.82 Å². The standard InChI is InChI=1S/C22H23FN2O5/c1-11(2)28-17-9-14-16(10-15(17)22(3,4)25)29-19(12-5-7-13(23)8-6-12)18(14)20(26)30-21(24)27/h5-11H,25H2,1-4H3,(H2,24,27). The predicted octanol–water partition coefficient (Wildman–Crippen LogP) is 4.46. The van der Waals surface area contributed by atoms with Crippen LogP contribution in [0.5, 0.6) is 5.75 Å². The normalized spacial score (nSPS) is 11.7. The van der Waals surface area contributed by atoms with Crippen LogP contribution in [0.3, 0.4) is 0 Å². The largest absolute Gasteiger partial charge is 0.491 e. The van der Waals surface area contributed by atoms with Gasteiger partial charge in [-0.25, -0.2) is 14.0 Å². The topological polar surface area (TPSA) is 118 Å². The highest BCUT2D eigenvalue weighted by atomic mass is 19.1. The van der Waals surface area contributed by atoms with Crippen molar-refractivity contribution in [3.8, 4) is 17.1 Å². The van der Waals surface area contributed by atoms with Crippen LogP contribution in [-0.4, -0.2) is 18.2 Å². The minimum absolute atomic E-state index is 0.0228. The quantitative estimate of drug-likeness (QED) is 0.470. The average Bonchev–Trinajstić information content (AvgIpc) is 2.98. The molecule has 3 rings (SSSR count). The van der Waals surface area contributed by atoms with Gasteiger partial charge in [0.25, 0.3) is 0 Å². The van der Waals surface area contributed by atoms with Crippen molar-refractivity contribution < 1.29 is 27.9 Å². The van der Waals surface area contributed by atoms with Gasteiger partial charge in [0, 0.05) is 22.1 Å². The number of hydrogen-bond acceptors (Lipinski definition) is 6. The Balaban J connectivity index is 2.33. The zero-order chi connectivity index (χ0) is 22.2. The summed E-state index contributed by atoms with van der Waals surface area (Å²) in [5.41, 5.74) is 12.0. The molecule has 0 aliphatic heterocycles. The molecule has 0 fully saturated rings. The van der Waals surface area contributed by atoms with E-state index in [-0.39, 0.29) is 17.4 Å². The number of nitrogens with two attached hydrogens (primary N) is 2. The Morgan fingerprint density at radius 1 is 1.13 bits per heavy atom. The Morgan fingerprint density at radius 3 is 2.30 bits per heavy atom. The van der Waals surface area contributed by atoms with Gasteiger partial charge in [0.15, 0.2) is 0 Å². The Morgan fingerprint density at radius 2 is 1.77 bits per heavy atom. The zero-order valence-corrected chi connectivity index (χ0v) is 17.1. The fraction of sp³-hybridized carbons (Fsp3) is 0.273. The van der Waals surface area contributed by atoms with Crippen LogP contribution in [0.1, 0.15) is 43.6 Å². The molecule has 0 aliphatic carbocycles. The van der Waals surface area contributed by atoms with Gasteiger partial charge in [-0.15, -0.1) is 0 Å². The van der Waals surface area contributed by atoms with Crippen molar-refractivity contribution in [1.82, 2.24) is 0 Å². The fourth-order valence-corrected chi connectivity index (χ4v) is 3.13. The molecule has 0 unspecified atom stereocenters. The second-order valence-corrected chi connectivity index (χ2v) is 7.75. The number of amides is 1. The van der Waals surface area contributed by atoms with Gasteiger partial charge in [0.2, 0.25) is 0 Å². The first-order valence-corrected chi connectivity index (χ1v) is 9.31. The van der Waals surface area contributed by atoms with Crippen LogP contribution in [0.25, 0.3) is 22.3 Å². The lowest BCUT2D eigenvalue weighted by molar-refractivity contribution is 0.0640. The highest BCUT2D eigenvalue weighted by Gasteiger charge is 2.29. The number of ether oxygens (including phenoxy) is 2. The van der Waals surface area contributed by atoms with Crippen molar-refractivity contribution in [2.75, 3.05) is 0 Å². The molecule has 2 aromatic carbocycles. The van der Waals surface area contributed by atoms with Crippen LogP contribution < -0.4 is 16.2 Å². The molecule has 0 bridgehead atoms. The number of halogens is 1. The van der Waals surface area contributed by atoms with Crippen molar-refractivity contribution in [2.24, 2.45) is 11.5 Å². The summed E-state index contributed by atoms with van der Waals surface area (Å²) in [6, 6.07) is 8.66. The minimum atomic E-state index is -1.25. The number of carbonyl (C=O) groups is 2. The molecule has 1 heterocycles. The van der Waals surface area contributed by atoms with Crippen molar-refractivity contribution >= 4 is 23.0 Å². The Labute approximate surface area is 172 Å². The molecular weight excluding hydrogens is 391 g/mol. The van der Waals surface area contributed by atoms with Crippen LogP contribution in [0.4, 0.5) is 9.18 Å². The van der Waals surface area contributed by atoms with Crippen molar-refractivity contribution in [3.63, 3.8) is 0 Å². The maximum atomic E-state index is 13.4. The molecule has 3 aromatic rings. The van der Waals surface area contributed by atoms with E-state index in [1.807, 2.05) is 27.7 Å². The summed E-state index contributed by atoms with van der Waals surface area (Å²) < 4.78 is 29.8. The van der Waals surface area contributed by atoms with Gasteiger partial charge in [-0.2, -0.15) is 0 Å². The second kappa shape index (κ2) is 7.79. The van der Waals surface area contributed by atoms with Crippen molar-refractivity contribution in [1.29, 1.82) is 0 Å². The van der Waals surface area contributed by atoms with E-state index in [1.54, 1.807) is 12.1 Å². The smallest absolute Gasteiger partial charge is 0.412 e. The first-order chi connectivity index (χ1) is 14.0. The number of esters is 1. The molecule has 0 aliphatic rings. The first-order valence-electron chi connectivity index (χ1n) is 9.31. The molecule has 0 saturated heterocycles. The molecule has 1 amide bonds. The number of primary amides is 1. The summed E-state index contributed by atoms with van der Waals surface area (Å²) in [6.07, 6.45) is -1.41. The summed E-state index contributed by atoms with van der Waals surface area (Å²) in [5.74, 6) is -0.866. The van der Waals surface area contributed by atoms with Crippen molar-refractivity contribution in [2.45, 2.75) is 39.3 Å². The molecule has 0 saturated carbocycles. The van der Waals surface area contributed by atoms with Gasteiger partial charge in [-0.05, 0) is 64.1 Å². The van der Waals surface area contributed by atoms with E-state index in [2.05, 4.69) is 4.74 Å². The van der Waals surface area contributed by atoms with Crippen LogP contribution in [-0.2, 0) is 10.3 Å². The van der Waals surface area contributed by atoms with Crippen LogP contribution in [0.15, 0.2) is 40.8 Å². The Bertz CT molecular complexity index is 1110. The molecule has 30 heavy (non-hydrogen) atoms. The highest BCUT2D eigenvalue weighted by Crippen LogP contribution is 2.40. The fourth-order valence-electron chi connectivity index (χ4n) is 3.13. The third-order valence-corrected chi connectivity index (χ3v) is 4.35. The first kappa shape index (κ1) is 21.3. The molecule has 0 radical (unpaired) electrons. The summed E-state index contributed by atoms with van der Waals surface area (Å²) in [7, 11) is 0. The molecule has 158 valence electrons. The number of benzene rings is 2. The summed E-state index contributed by atoms with van der Waals surface area (Å²) in [4.78, 5) is 23.9. The van der Waals surface area contributed by atoms with E-state index in [9.17, 15) is 14.0 Å². The van der Waals surface area contributed by atoms with E-state index < -0.39 is 23.4 Å². The van der Waals surface area contributed by atoms with E-state index in [1.165, 1.54) is 24.3 Å². The van der Waals surface area contributed by atoms with E-state index in [4.69, 9.17) is 20.6 Å². The van der Waals surface area contributed by atoms with Crippen LogP contribution in [0.2, 0.25) is 0 Å². The van der Waals surface area contributed by atoms with Gasteiger partial charge in [-0.3, -0.25) is 0 Å². The van der Waals surface area contributed by atoms with Crippen LogP contribution >= 0.6 is 0 Å². The van der Waals surface area contributed by atoms with E-state index >= 15 is 0 Å². The Hall–Kier alpha value is -3.39. The Kier molecular flexibility index (Phi) is 5.54. The van der Waals surface area contributed by atoms with Gasteiger partial charge in [0.1, 0.15) is 28.5 Å². The molecule has 7 nitrogen and oxygen atoms in total. The summed E-state index contributed by atoms with van der Waals surface area (Å²) >= 11 is 0. The predicted molar refractivity (Wildman–Crippen MR) is 110 cm³/mol. The number of furan rings is 1. The number of rotatable bonds is 5. The monoisotopic (exact) mass is 414 g/mol. The van der Waals surface area contributed by atoms with Gasteiger partial charge in [-0.1, -0.05) is 0 Å². The van der Waals surface area contributed by atoms with Gasteiger partial charge in [0.05, 0.1) is 6.10 Å². The lowest BCUT2D eigenvalue weighted by atomic mass is 9.93. The minimum Gasteiger partial charge on any atom is -0.491 e. The molecule has 1 aromatic heterocycles. The molecular formula is C22H23FN2O5. The summed E-state index contributed by atoms with van der Waals surface area (Å²) in [6.45, 7) is 7.35. The van der Waals surface area contributed by atoms with Gasteiger partial charge < -0.3 is 25.4 Å². The third kappa shape index (κ3) is 4.28. The SMILES string of the molecule is CC(C)Oc1cc2c(C(=O)OC(N)=O)c(-c3ccc(F)cc3)oc2cc1C(C)(C)N. The van der Waals surface area contributed by atoms with Crippen molar-refractivity contribution in [3.05, 3.63) is 53.3 Å². The number of fused-ring (bicyclic) bond motifs is 1. The summed E-state index contributed by atoms with van der Waals surface area (Å²) in [5, 5.41) is 0.351. The molecule has 0 atom stereocenters. The molecule has 0 spiro atoms. The van der Waals surface area contributed by atoms with Gasteiger partial charge >= 0.3 is 12.1 Å². The van der Waals surface area contributed by atoms with E-state index in [0.29, 0.717) is 27.8 Å². The van der Waals surface area contributed by atoms with E-state index in [0.717, 1.165) is 0 Å². The highest BCUT2D eigenvalue weighted by molar-refractivity contribution is 6.11. The maximum Gasteiger partial charge on any atom is 0.412 e.